The highest BCUT2D eigenvalue weighted by Crippen LogP contribution is 2.17. The highest BCUT2D eigenvalue weighted by molar-refractivity contribution is 5.80. The quantitative estimate of drug-likeness (QED) is 0.777. The standard InChI is InChI=1S/C13H21N3O/c1-10-6-7-12(15-8-10)16-13(17)9-14-11-4-2-3-5-11/h7-8,10-11,14H,2-6,9H2,1H3,(H,16,17). The molecule has 1 amide bonds. The minimum atomic E-state index is 0.00912. The van der Waals surface area contributed by atoms with Crippen LogP contribution in [0.2, 0.25) is 0 Å². The third kappa shape index (κ3) is 3.97. The molecule has 0 saturated heterocycles. The molecule has 0 bridgehead atoms. The Bertz CT molecular complexity index is 330. The summed E-state index contributed by atoms with van der Waals surface area (Å²) < 4.78 is 0. The first-order valence-corrected chi connectivity index (χ1v) is 6.51. The van der Waals surface area contributed by atoms with Crippen molar-refractivity contribution < 1.29 is 4.79 Å². The molecule has 2 N–H and O–H groups in total. The molecule has 0 aromatic heterocycles. The number of allylic oxidation sites excluding steroid dienone is 1. The number of hydrogen-bond donors (Lipinski definition) is 2. The van der Waals surface area contributed by atoms with Gasteiger partial charge in [0, 0.05) is 12.3 Å². The summed E-state index contributed by atoms with van der Waals surface area (Å²) in [7, 11) is 0. The number of nitrogens with zero attached hydrogens (tertiary/aromatic N) is 1. The minimum absolute atomic E-state index is 0.00912. The van der Waals surface area contributed by atoms with Crippen LogP contribution in [0.25, 0.3) is 0 Å². The highest BCUT2D eigenvalue weighted by atomic mass is 16.2. The maximum absolute atomic E-state index is 11.7. The van der Waals surface area contributed by atoms with Crippen molar-refractivity contribution in [2.24, 2.45) is 10.9 Å². The SMILES string of the molecule is CC1C=NC(NC(=O)CNC2CCCC2)=CC1. The molecule has 0 spiro atoms. The normalized spacial score (nSPS) is 24.8. The van der Waals surface area contributed by atoms with E-state index in [-0.39, 0.29) is 5.91 Å². The van der Waals surface area contributed by atoms with Crippen LogP contribution in [-0.4, -0.2) is 24.7 Å². The maximum atomic E-state index is 11.7. The highest BCUT2D eigenvalue weighted by Gasteiger charge is 2.15. The summed E-state index contributed by atoms with van der Waals surface area (Å²) in [6, 6.07) is 0.532. The zero-order valence-corrected chi connectivity index (χ0v) is 10.4. The molecule has 1 saturated carbocycles. The number of rotatable bonds is 4. The first-order valence-electron chi connectivity index (χ1n) is 6.51. The molecular formula is C13H21N3O. The van der Waals surface area contributed by atoms with Gasteiger partial charge in [-0.2, -0.15) is 0 Å². The van der Waals surface area contributed by atoms with Gasteiger partial charge in [0.15, 0.2) is 0 Å². The largest absolute Gasteiger partial charge is 0.310 e. The zero-order chi connectivity index (χ0) is 12.1. The lowest BCUT2D eigenvalue weighted by molar-refractivity contribution is -0.119. The van der Waals surface area contributed by atoms with Crippen molar-refractivity contribution >= 4 is 12.1 Å². The second kappa shape index (κ2) is 5.96. The summed E-state index contributed by atoms with van der Waals surface area (Å²) in [5.74, 6) is 1.18. The topological polar surface area (TPSA) is 53.5 Å². The van der Waals surface area contributed by atoms with Crippen LogP contribution in [-0.2, 0) is 4.79 Å². The van der Waals surface area contributed by atoms with Crippen LogP contribution in [0.15, 0.2) is 16.9 Å². The Balaban J connectivity index is 1.68. The zero-order valence-electron chi connectivity index (χ0n) is 10.4. The average Bonchev–Trinajstić information content (AvgIpc) is 2.83. The monoisotopic (exact) mass is 235 g/mol. The number of hydrogen-bond acceptors (Lipinski definition) is 3. The van der Waals surface area contributed by atoms with Crippen molar-refractivity contribution in [1.82, 2.24) is 10.6 Å². The van der Waals surface area contributed by atoms with E-state index in [1.165, 1.54) is 25.7 Å². The third-order valence-electron chi connectivity index (χ3n) is 3.33. The fraction of sp³-hybridized carbons (Fsp3) is 0.692. The van der Waals surface area contributed by atoms with Crippen LogP contribution in [0.4, 0.5) is 0 Å². The van der Waals surface area contributed by atoms with Crippen LogP contribution in [0.3, 0.4) is 0 Å². The molecule has 2 aliphatic rings. The van der Waals surface area contributed by atoms with Gasteiger partial charge >= 0.3 is 0 Å². The lowest BCUT2D eigenvalue weighted by Gasteiger charge is -2.14. The minimum Gasteiger partial charge on any atom is -0.310 e. The van der Waals surface area contributed by atoms with Gasteiger partial charge in [-0.25, -0.2) is 4.99 Å². The van der Waals surface area contributed by atoms with Gasteiger partial charge < -0.3 is 10.6 Å². The van der Waals surface area contributed by atoms with Gasteiger partial charge in [-0.1, -0.05) is 19.8 Å². The Morgan fingerprint density at radius 1 is 1.47 bits per heavy atom. The second-order valence-corrected chi connectivity index (χ2v) is 4.99. The van der Waals surface area contributed by atoms with Gasteiger partial charge in [0.05, 0.1) is 6.54 Å². The number of nitrogens with one attached hydrogen (secondary N) is 2. The van der Waals surface area contributed by atoms with Crippen molar-refractivity contribution in [3.8, 4) is 0 Å². The Kier molecular flexibility index (Phi) is 4.31. The predicted octanol–water partition coefficient (Wildman–Crippen LogP) is 1.59. The summed E-state index contributed by atoms with van der Waals surface area (Å²) in [5.41, 5.74) is 0. The molecule has 94 valence electrons. The Morgan fingerprint density at radius 2 is 2.24 bits per heavy atom. The number of carbonyl (C=O) groups excluding carboxylic acids is 1. The molecule has 1 atom stereocenters. The number of aliphatic imine (C=N–C) groups is 1. The van der Waals surface area contributed by atoms with Crippen molar-refractivity contribution in [3.63, 3.8) is 0 Å². The lowest BCUT2D eigenvalue weighted by Crippen LogP contribution is -2.37. The van der Waals surface area contributed by atoms with Crippen molar-refractivity contribution in [3.05, 3.63) is 11.9 Å². The van der Waals surface area contributed by atoms with Crippen LogP contribution in [0, 0.1) is 5.92 Å². The first kappa shape index (κ1) is 12.3. The first-order chi connectivity index (χ1) is 8.24. The predicted molar refractivity (Wildman–Crippen MR) is 68.8 cm³/mol. The molecular weight excluding hydrogens is 214 g/mol. The van der Waals surface area contributed by atoms with Crippen LogP contribution >= 0.6 is 0 Å². The van der Waals surface area contributed by atoms with E-state index in [4.69, 9.17) is 0 Å². The summed E-state index contributed by atoms with van der Waals surface area (Å²) in [4.78, 5) is 15.9. The smallest absolute Gasteiger partial charge is 0.239 e. The summed E-state index contributed by atoms with van der Waals surface area (Å²) in [6.45, 7) is 2.51. The molecule has 1 fully saturated rings. The van der Waals surface area contributed by atoms with E-state index in [1.807, 2.05) is 12.3 Å². The molecule has 0 aromatic rings. The summed E-state index contributed by atoms with van der Waals surface area (Å²) >= 11 is 0. The Hall–Kier alpha value is -1.16. The van der Waals surface area contributed by atoms with Gasteiger partial charge in [-0.15, -0.1) is 0 Å². The van der Waals surface area contributed by atoms with Gasteiger partial charge in [0.25, 0.3) is 0 Å². The molecule has 1 unspecified atom stereocenters. The van der Waals surface area contributed by atoms with E-state index in [0.29, 0.717) is 24.3 Å². The maximum Gasteiger partial charge on any atom is 0.239 e. The van der Waals surface area contributed by atoms with E-state index in [1.54, 1.807) is 0 Å². The fourth-order valence-electron chi connectivity index (χ4n) is 2.26. The molecule has 0 aromatic carbocycles. The Morgan fingerprint density at radius 3 is 2.88 bits per heavy atom. The number of amides is 1. The van der Waals surface area contributed by atoms with E-state index >= 15 is 0 Å². The second-order valence-electron chi connectivity index (χ2n) is 4.99. The van der Waals surface area contributed by atoms with Crippen LogP contribution < -0.4 is 10.6 Å². The fourth-order valence-corrected chi connectivity index (χ4v) is 2.26. The van der Waals surface area contributed by atoms with Gasteiger partial charge in [0.2, 0.25) is 5.91 Å². The van der Waals surface area contributed by atoms with E-state index in [0.717, 1.165) is 6.42 Å². The van der Waals surface area contributed by atoms with Crippen molar-refractivity contribution in [2.75, 3.05) is 6.54 Å². The average molecular weight is 235 g/mol. The third-order valence-corrected chi connectivity index (χ3v) is 3.33. The summed E-state index contributed by atoms with van der Waals surface area (Å²) in [6.07, 6.45) is 9.80. The van der Waals surface area contributed by atoms with Crippen LogP contribution in [0.5, 0.6) is 0 Å². The molecule has 1 aliphatic heterocycles. The van der Waals surface area contributed by atoms with Crippen molar-refractivity contribution in [1.29, 1.82) is 0 Å². The van der Waals surface area contributed by atoms with E-state index < -0.39 is 0 Å². The Labute approximate surface area is 103 Å². The van der Waals surface area contributed by atoms with Crippen LogP contribution in [0.1, 0.15) is 39.0 Å². The van der Waals surface area contributed by atoms with Gasteiger partial charge in [-0.3, -0.25) is 4.79 Å². The molecule has 1 heterocycles. The molecule has 1 aliphatic carbocycles. The van der Waals surface area contributed by atoms with Crippen molar-refractivity contribution in [2.45, 2.75) is 45.1 Å². The number of carbonyl (C=O) groups is 1. The molecule has 4 nitrogen and oxygen atoms in total. The lowest BCUT2D eigenvalue weighted by atomic mass is 10.1. The molecule has 0 radical (unpaired) electrons. The van der Waals surface area contributed by atoms with Gasteiger partial charge in [-0.05, 0) is 31.3 Å². The summed E-state index contributed by atoms with van der Waals surface area (Å²) in [5, 5.41) is 6.11. The van der Waals surface area contributed by atoms with E-state index in [2.05, 4.69) is 22.5 Å². The molecule has 17 heavy (non-hydrogen) atoms. The molecule has 2 rings (SSSR count). The van der Waals surface area contributed by atoms with E-state index in [9.17, 15) is 4.79 Å². The van der Waals surface area contributed by atoms with Gasteiger partial charge in [0.1, 0.15) is 5.82 Å². The molecule has 4 heteroatoms.